The zero-order valence-electron chi connectivity index (χ0n) is 11.9. The Morgan fingerprint density at radius 3 is 1.95 bits per heavy atom. The Morgan fingerprint density at radius 1 is 0.952 bits per heavy atom. The van der Waals surface area contributed by atoms with Crippen LogP contribution in [0.25, 0.3) is 0 Å². The molecule has 0 saturated heterocycles. The first-order valence-electron chi connectivity index (χ1n) is 7.11. The normalized spacial score (nSPS) is 10.3. The second kappa shape index (κ2) is 8.00. The van der Waals surface area contributed by atoms with Gasteiger partial charge in [0.05, 0.1) is 0 Å². The predicted octanol–water partition coefficient (Wildman–Crippen LogP) is 2.91. The number of carbonyl (C=O) groups is 2. The van der Waals surface area contributed by atoms with E-state index >= 15 is 0 Å². The molecule has 1 N–H and O–H groups in total. The maximum Gasteiger partial charge on any atom is 0.220 e. The van der Waals surface area contributed by atoms with E-state index in [2.05, 4.69) is 5.32 Å². The molecule has 0 aliphatic heterocycles. The summed E-state index contributed by atoms with van der Waals surface area (Å²) in [6.45, 7) is 0.401. The molecule has 0 radical (unpaired) electrons. The van der Waals surface area contributed by atoms with Gasteiger partial charge in [0, 0.05) is 25.3 Å². The molecule has 2 rings (SSSR count). The number of carbonyl (C=O) groups excluding carboxylic acids is 2. The fraction of sp³-hybridized carbons (Fsp3) is 0.222. The smallest absolute Gasteiger partial charge is 0.220 e. The molecule has 0 aliphatic rings. The summed E-state index contributed by atoms with van der Waals surface area (Å²) in [7, 11) is 0. The fourth-order valence-electron chi connectivity index (χ4n) is 2.33. The van der Waals surface area contributed by atoms with E-state index in [0.717, 1.165) is 17.4 Å². The first kappa shape index (κ1) is 15.0. The van der Waals surface area contributed by atoms with Crippen LogP contribution in [-0.4, -0.2) is 18.7 Å². The molecule has 0 fully saturated rings. The van der Waals surface area contributed by atoms with Gasteiger partial charge in [0.2, 0.25) is 5.91 Å². The Balaban J connectivity index is 2.14. The summed E-state index contributed by atoms with van der Waals surface area (Å²) >= 11 is 0. The Morgan fingerprint density at radius 2 is 1.48 bits per heavy atom. The van der Waals surface area contributed by atoms with Gasteiger partial charge < -0.3 is 10.1 Å². The van der Waals surface area contributed by atoms with E-state index in [-0.39, 0.29) is 11.8 Å². The summed E-state index contributed by atoms with van der Waals surface area (Å²) in [5.41, 5.74) is 2.24. The molecule has 3 heteroatoms. The maximum absolute atomic E-state index is 12.0. The SMILES string of the molecule is O=CCCNC(=O)CC(c1ccccc1)c1ccccc1. The third-order valence-electron chi connectivity index (χ3n) is 3.38. The topological polar surface area (TPSA) is 46.2 Å². The molecule has 21 heavy (non-hydrogen) atoms. The summed E-state index contributed by atoms with van der Waals surface area (Å²) in [4.78, 5) is 22.3. The van der Waals surface area contributed by atoms with E-state index in [0.29, 0.717) is 19.4 Å². The van der Waals surface area contributed by atoms with Gasteiger partial charge >= 0.3 is 0 Å². The zero-order valence-corrected chi connectivity index (χ0v) is 11.9. The Labute approximate surface area is 125 Å². The molecular weight excluding hydrogens is 262 g/mol. The van der Waals surface area contributed by atoms with Gasteiger partial charge in [-0.2, -0.15) is 0 Å². The van der Waals surface area contributed by atoms with Gasteiger partial charge in [-0.15, -0.1) is 0 Å². The van der Waals surface area contributed by atoms with Gasteiger partial charge in [-0.1, -0.05) is 60.7 Å². The van der Waals surface area contributed by atoms with Crippen molar-refractivity contribution in [1.29, 1.82) is 0 Å². The minimum Gasteiger partial charge on any atom is -0.356 e. The number of hydrogen-bond donors (Lipinski definition) is 1. The van der Waals surface area contributed by atoms with Crippen LogP contribution in [-0.2, 0) is 9.59 Å². The Kier molecular flexibility index (Phi) is 5.71. The molecule has 0 heterocycles. The number of amides is 1. The van der Waals surface area contributed by atoms with Gasteiger partial charge in [-0.05, 0) is 11.1 Å². The predicted molar refractivity (Wildman–Crippen MR) is 83.0 cm³/mol. The van der Waals surface area contributed by atoms with Crippen molar-refractivity contribution in [1.82, 2.24) is 5.32 Å². The minimum absolute atomic E-state index is 0.0311. The molecule has 0 unspecified atom stereocenters. The maximum atomic E-state index is 12.0. The third-order valence-corrected chi connectivity index (χ3v) is 3.38. The summed E-state index contributed by atoms with van der Waals surface area (Å²) in [5, 5.41) is 2.78. The van der Waals surface area contributed by atoms with E-state index in [1.165, 1.54) is 0 Å². The van der Waals surface area contributed by atoms with Gasteiger partial charge in [-0.3, -0.25) is 4.79 Å². The lowest BCUT2D eigenvalue weighted by atomic mass is 9.88. The van der Waals surface area contributed by atoms with Crippen LogP contribution in [0.5, 0.6) is 0 Å². The molecule has 1 amide bonds. The lowest BCUT2D eigenvalue weighted by Crippen LogP contribution is -2.26. The Bertz CT molecular complexity index is 527. The average Bonchev–Trinajstić information content (AvgIpc) is 2.54. The second-order valence-corrected chi connectivity index (χ2v) is 4.88. The first-order chi connectivity index (χ1) is 10.3. The molecule has 3 nitrogen and oxygen atoms in total. The van der Waals surface area contributed by atoms with Crippen LogP contribution >= 0.6 is 0 Å². The molecule has 0 bridgehead atoms. The van der Waals surface area contributed by atoms with Crippen LogP contribution in [0.2, 0.25) is 0 Å². The molecular formula is C18H19NO2. The van der Waals surface area contributed by atoms with Crippen molar-refractivity contribution in [2.24, 2.45) is 0 Å². The lowest BCUT2D eigenvalue weighted by Gasteiger charge is -2.17. The average molecular weight is 281 g/mol. The van der Waals surface area contributed by atoms with Crippen LogP contribution in [0.4, 0.5) is 0 Å². The van der Waals surface area contributed by atoms with Gasteiger partial charge in [0.15, 0.2) is 0 Å². The summed E-state index contributed by atoms with van der Waals surface area (Å²) < 4.78 is 0. The second-order valence-electron chi connectivity index (χ2n) is 4.88. The lowest BCUT2D eigenvalue weighted by molar-refractivity contribution is -0.121. The number of rotatable bonds is 7. The van der Waals surface area contributed by atoms with Crippen LogP contribution in [0.3, 0.4) is 0 Å². The van der Waals surface area contributed by atoms with Crippen molar-refractivity contribution in [3.05, 3.63) is 71.8 Å². The highest BCUT2D eigenvalue weighted by atomic mass is 16.1. The van der Waals surface area contributed by atoms with Crippen molar-refractivity contribution in [2.75, 3.05) is 6.54 Å². The van der Waals surface area contributed by atoms with E-state index in [9.17, 15) is 9.59 Å². The molecule has 0 aliphatic carbocycles. The molecule has 0 aromatic heterocycles. The van der Waals surface area contributed by atoms with Crippen molar-refractivity contribution < 1.29 is 9.59 Å². The van der Waals surface area contributed by atoms with E-state index in [4.69, 9.17) is 0 Å². The number of aldehydes is 1. The monoisotopic (exact) mass is 281 g/mol. The fourth-order valence-corrected chi connectivity index (χ4v) is 2.33. The third kappa shape index (κ3) is 4.56. The molecule has 108 valence electrons. The van der Waals surface area contributed by atoms with Crippen molar-refractivity contribution in [2.45, 2.75) is 18.8 Å². The first-order valence-corrected chi connectivity index (χ1v) is 7.11. The van der Waals surface area contributed by atoms with Crippen LogP contribution in [0, 0.1) is 0 Å². The number of hydrogen-bond acceptors (Lipinski definition) is 2. The van der Waals surface area contributed by atoms with Crippen LogP contribution in [0.15, 0.2) is 60.7 Å². The number of benzene rings is 2. The van der Waals surface area contributed by atoms with E-state index < -0.39 is 0 Å². The highest BCUT2D eigenvalue weighted by molar-refractivity contribution is 5.77. The van der Waals surface area contributed by atoms with Gasteiger partial charge in [0.1, 0.15) is 6.29 Å². The van der Waals surface area contributed by atoms with Crippen molar-refractivity contribution >= 4 is 12.2 Å². The molecule has 0 atom stereocenters. The van der Waals surface area contributed by atoms with Gasteiger partial charge in [-0.25, -0.2) is 0 Å². The quantitative estimate of drug-likeness (QED) is 0.626. The van der Waals surface area contributed by atoms with Crippen LogP contribution in [0.1, 0.15) is 29.9 Å². The molecule has 2 aromatic carbocycles. The van der Waals surface area contributed by atoms with Crippen LogP contribution < -0.4 is 5.32 Å². The highest BCUT2D eigenvalue weighted by Crippen LogP contribution is 2.27. The molecule has 0 saturated carbocycles. The summed E-state index contributed by atoms with van der Waals surface area (Å²) in [6.07, 6.45) is 1.55. The largest absolute Gasteiger partial charge is 0.356 e. The summed E-state index contributed by atoms with van der Waals surface area (Å²) in [5.74, 6) is -0.00168. The van der Waals surface area contributed by atoms with E-state index in [1.807, 2.05) is 60.7 Å². The minimum atomic E-state index is -0.0328. The van der Waals surface area contributed by atoms with E-state index in [1.54, 1.807) is 0 Å². The van der Waals surface area contributed by atoms with Gasteiger partial charge in [0.25, 0.3) is 0 Å². The highest BCUT2D eigenvalue weighted by Gasteiger charge is 2.17. The molecule has 0 spiro atoms. The van der Waals surface area contributed by atoms with Crippen molar-refractivity contribution in [3.63, 3.8) is 0 Å². The molecule has 2 aromatic rings. The Hall–Kier alpha value is -2.42. The van der Waals surface area contributed by atoms with Crippen molar-refractivity contribution in [3.8, 4) is 0 Å². The number of nitrogens with one attached hydrogen (secondary N) is 1. The summed E-state index contributed by atoms with van der Waals surface area (Å²) in [6, 6.07) is 20.0. The zero-order chi connectivity index (χ0) is 14.9. The standard InChI is InChI=1S/C18H19NO2/c20-13-7-12-19-18(21)14-17(15-8-3-1-4-9-15)16-10-5-2-6-11-16/h1-6,8-11,13,17H,7,12,14H2,(H,19,21).